The average molecular weight is 200 g/mol. The fraction of sp³-hybridized carbons (Fsp3) is 0.900. The summed E-state index contributed by atoms with van der Waals surface area (Å²) in [4.78, 5) is 11.4. The summed E-state index contributed by atoms with van der Waals surface area (Å²) in [5.41, 5.74) is 5.75. The maximum absolute atomic E-state index is 11.4. The molecule has 4 heteroatoms. The minimum Gasteiger partial charge on any atom is -0.385 e. The van der Waals surface area contributed by atoms with Gasteiger partial charge in [0.2, 0.25) is 5.91 Å². The molecule has 0 heterocycles. The highest BCUT2D eigenvalue weighted by atomic mass is 16.5. The van der Waals surface area contributed by atoms with Gasteiger partial charge in [-0.15, -0.1) is 0 Å². The predicted octanol–water partition coefficient (Wildman–Crippen LogP) is 0.411. The molecule has 14 heavy (non-hydrogen) atoms. The molecular weight excluding hydrogens is 180 g/mol. The molecule has 3 N–H and O–H groups in total. The summed E-state index contributed by atoms with van der Waals surface area (Å²) in [6, 6.07) is 0. The highest BCUT2D eigenvalue weighted by Crippen LogP contribution is 2.31. The molecule has 0 atom stereocenters. The van der Waals surface area contributed by atoms with Crippen molar-refractivity contribution >= 4 is 5.91 Å². The van der Waals surface area contributed by atoms with Gasteiger partial charge in [-0.3, -0.25) is 4.79 Å². The molecule has 0 aromatic rings. The second-order valence-electron chi connectivity index (χ2n) is 4.09. The van der Waals surface area contributed by atoms with Crippen LogP contribution in [0.2, 0.25) is 0 Å². The number of carbonyl (C=O) groups excluding carboxylic acids is 1. The van der Waals surface area contributed by atoms with Crippen molar-refractivity contribution in [2.75, 3.05) is 20.3 Å². The van der Waals surface area contributed by atoms with E-state index < -0.39 is 0 Å². The number of nitrogens with two attached hydrogens (primary N) is 1. The van der Waals surface area contributed by atoms with Crippen LogP contribution in [0.3, 0.4) is 0 Å². The highest BCUT2D eigenvalue weighted by molar-refractivity contribution is 5.77. The Bertz CT molecular complexity index is 191. The minimum absolute atomic E-state index is 0.0725. The lowest BCUT2D eigenvalue weighted by Gasteiger charge is -2.37. The Morgan fingerprint density at radius 3 is 2.79 bits per heavy atom. The first-order valence-corrected chi connectivity index (χ1v) is 5.21. The number of ether oxygens (including phenoxy) is 1. The smallest absolute Gasteiger partial charge is 0.221 e. The third-order valence-corrected chi connectivity index (χ3v) is 2.71. The van der Waals surface area contributed by atoms with Crippen molar-refractivity contribution in [3.8, 4) is 0 Å². The lowest BCUT2D eigenvalue weighted by Crippen LogP contribution is -2.50. The molecule has 0 unspecified atom stereocenters. The topological polar surface area (TPSA) is 64.3 Å². The molecule has 0 bridgehead atoms. The first-order valence-electron chi connectivity index (χ1n) is 5.21. The van der Waals surface area contributed by atoms with Gasteiger partial charge in [0.25, 0.3) is 0 Å². The van der Waals surface area contributed by atoms with E-state index in [0.29, 0.717) is 19.6 Å². The number of rotatable bonds is 6. The van der Waals surface area contributed by atoms with Crippen LogP contribution in [0.5, 0.6) is 0 Å². The van der Waals surface area contributed by atoms with E-state index in [1.54, 1.807) is 7.11 Å². The monoisotopic (exact) mass is 200 g/mol. The summed E-state index contributed by atoms with van der Waals surface area (Å²) >= 11 is 0. The quantitative estimate of drug-likeness (QED) is 0.610. The normalized spacial score (nSPS) is 18.7. The lowest BCUT2D eigenvalue weighted by molar-refractivity contribution is -0.123. The maximum Gasteiger partial charge on any atom is 0.221 e. The zero-order chi connectivity index (χ0) is 10.4. The van der Waals surface area contributed by atoms with Crippen molar-refractivity contribution in [1.29, 1.82) is 0 Å². The van der Waals surface area contributed by atoms with Gasteiger partial charge in [0, 0.05) is 32.2 Å². The molecule has 1 saturated carbocycles. The lowest BCUT2D eigenvalue weighted by atomic mass is 9.75. The molecule has 0 spiro atoms. The van der Waals surface area contributed by atoms with Gasteiger partial charge in [0.1, 0.15) is 0 Å². The molecule has 1 fully saturated rings. The van der Waals surface area contributed by atoms with Crippen molar-refractivity contribution in [3.05, 3.63) is 0 Å². The maximum atomic E-state index is 11.4. The van der Waals surface area contributed by atoms with Crippen molar-refractivity contribution in [2.24, 2.45) is 5.73 Å². The molecule has 0 saturated heterocycles. The molecule has 82 valence electrons. The average Bonchev–Trinajstić information content (AvgIpc) is 2.10. The zero-order valence-corrected chi connectivity index (χ0v) is 8.84. The molecular formula is C10H20N2O2. The number of methoxy groups -OCH3 is 1. The van der Waals surface area contributed by atoms with Crippen LogP contribution < -0.4 is 11.1 Å². The molecule has 0 aromatic heterocycles. The Morgan fingerprint density at radius 2 is 2.29 bits per heavy atom. The number of hydrogen-bond donors (Lipinski definition) is 2. The van der Waals surface area contributed by atoms with E-state index in [1.807, 2.05) is 0 Å². The summed E-state index contributed by atoms with van der Waals surface area (Å²) < 4.78 is 4.88. The highest BCUT2D eigenvalue weighted by Gasteiger charge is 2.34. The second-order valence-corrected chi connectivity index (χ2v) is 4.09. The van der Waals surface area contributed by atoms with E-state index in [2.05, 4.69) is 5.32 Å². The molecule has 0 radical (unpaired) electrons. The Hall–Kier alpha value is -0.610. The van der Waals surface area contributed by atoms with E-state index in [4.69, 9.17) is 10.5 Å². The van der Waals surface area contributed by atoms with Crippen LogP contribution in [0.15, 0.2) is 0 Å². The Labute approximate surface area is 85.2 Å². The molecule has 0 aliphatic heterocycles. The van der Waals surface area contributed by atoms with Crippen molar-refractivity contribution in [1.82, 2.24) is 5.32 Å². The zero-order valence-electron chi connectivity index (χ0n) is 8.84. The number of hydrogen-bond acceptors (Lipinski definition) is 3. The second kappa shape index (κ2) is 5.32. The van der Waals surface area contributed by atoms with Crippen LogP contribution in [-0.2, 0) is 9.53 Å². The first-order chi connectivity index (χ1) is 6.66. The molecule has 1 aliphatic rings. The minimum atomic E-state index is -0.203. The van der Waals surface area contributed by atoms with Crippen molar-refractivity contribution < 1.29 is 9.53 Å². The Balaban J connectivity index is 2.04. The fourth-order valence-corrected chi connectivity index (χ4v) is 1.63. The van der Waals surface area contributed by atoms with Crippen LogP contribution in [0, 0.1) is 0 Å². The van der Waals surface area contributed by atoms with Crippen molar-refractivity contribution in [2.45, 2.75) is 37.6 Å². The molecule has 4 nitrogen and oxygen atoms in total. The summed E-state index contributed by atoms with van der Waals surface area (Å²) in [5, 5.41) is 2.84. The van der Waals surface area contributed by atoms with Gasteiger partial charge in [-0.05, 0) is 25.7 Å². The van der Waals surface area contributed by atoms with Crippen LogP contribution in [0.1, 0.15) is 32.1 Å². The van der Waals surface area contributed by atoms with Gasteiger partial charge in [0.15, 0.2) is 0 Å². The summed E-state index contributed by atoms with van der Waals surface area (Å²) in [6.07, 6.45) is 4.46. The van der Waals surface area contributed by atoms with E-state index in [-0.39, 0.29) is 11.4 Å². The van der Waals surface area contributed by atoms with E-state index in [1.165, 1.54) is 0 Å². The van der Waals surface area contributed by atoms with Crippen LogP contribution in [0.4, 0.5) is 0 Å². The number of carbonyl (C=O) groups is 1. The summed E-state index contributed by atoms with van der Waals surface area (Å²) in [6.45, 7) is 1.37. The fourth-order valence-electron chi connectivity index (χ4n) is 1.63. The van der Waals surface area contributed by atoms with E-state index in [0.717, 1.165) is 25.7 Å². The predicted molar refractivity (Wildman–Crippen MR) is 54.9 cm³/mol. The van der Waals surface area contributed by atoms with Gasteiger partial charge in [-0.25, -0.2) is 0 Å². The van der Waals surface area contributed by atoms with Crippen molar-refractivity contribution in [3.63, 3.8) is 0 Å². The number of nitrogens with one attached hydrogen (secondary N) is 1. The molecule has 0 aromatic carbocycles. The largest absolute Gasteiger partial charge is 0.385 e. The SMILES string of the molecule is COCCCNC(=O)CC1(N)CCC1. The van der Waals surface area contributed by atoms with Crippen LogP contribution >= 0.6 is 0 Å². The van der Waals surface area contributed by atoms with E-state index >= 15 is 0 Å². The van der Waals surface area contributed by atoms with Gasteiger partial charge in [-0.1, -0.05) is 0 Å². The summed E-state index contributed by atoms with van der Waals surface area (Å²) in [5.74, 6) is 0.0725. The summed E-state index contributed by atoms with van der Waals surface area (Å²) in [7, 11) is 1.66. The first kappa shape index (κ1) is 11.5. The third-order valence-electron chi connectivity index (χ3n) is 2.71. The van der Waals surface area contributed by atoms with Gasteiger partial charge < -0.3 is 15.8 Å². The molecule has 1 rings (SSSR count). The molecule has 1 aliphatic carbocycles. The Morgan fingerprint density at radius 1 is 1.57 bits per heavy atom. The van der Waals surface area contributed by atoms with Gasteiger partial charge in [0.05, 0.1) is 0 Å². The third kappa shape index (κ3) is 3.64. The van der Waals surface area contributed by atoms with E-state index in [9.17, 15) is 4.79 Å². The van der Waals surface area contributed by atoms with Gasteiger partial charge in [-0.2, -0.15) is 0 Å². The molecule has 1 amide bonds. The van der Waals surface area contributed by atoms with Crippen LogP contribution in [0.25, 0.3) is 0 Å². The Kier molecular flexibility index (Phi) is 4.35. The van der Waals surface area contributed by atoms with Crippen LogP contribution in [-0.4, -0.2) is 31.7 Å². The standard InChI is InChI=1S/C10H20N2O2/c1-14-7-3-6-12-9(13)8-10(11)4-2-5-10/h2-8,11H2,1H3,(H,12,13). The van der Waals surface area contributed by atoms with Gasteiger partial charge >= 0.3 is 0 Å². The number of amides is 1.